The Labute approximate surface area is 143 Å². The van der Waals surface area contributed by atoms with Gasteiger partial charge in [-0.25, -0.2) is 0 Å². The van der Waals surface area contributed by atoms with Crippen LogP contribution in [0.3, 0.4) is 0 Å². The highest BCUT2D eigenvalue weighted by atomic mass is 16.2. The topological polar surface area (TPSA) is 34.1 Å². The lowest BCUT2D eigenvalue weighted by Crippen LogP contribution is -2.14. The molecule has 1 aliphatic carbocycles. The first-order valence-electron chi connectivity index (χ1n) is 10.3. The molecule has 0 N–H and O–H groups in total. The molecule has 1 atom stereocenters. The van der Waals surface area contributed by atoms with Crippen molar-refractivity contribution in [3.8, 4) is 0 Å². The van der Waals surface area contributed by atoms with Gasteiger partial charge in [-0.15, -0.1) is 0 Å². The average molecular weight is 323 g/mol. The Bertz CT molecular complexity index is 322. The average Bonchev–Trinajstić information content (AvgIpc) is 2.55. The number of carbonyl (C=O) groups excluding carboxylic acids is 2. The van der Waals surface area contributed by atoms with Crippen molar-refractivity contribution in [1.82, 2.24) is 0 Å². The minimum absolute atomic E-state index is 0.119. The van der Waals surface area contributed by atoms with Crippen molar-refractivity contribution in [3.05, 3.63) is 0 Å². The second-order valence-corrected chi connectivity index (χ2v) is 7.63. The molecule has 1 aliphatic rings. The third-order valence-corrected chi connectivity index (χ3v) is 5.28. The lowest BCUT2D eigenvalue weighted by Gasteiger charge is -2.10. The zero-order valence-electron chi connectivity index (χ0n) is 15.4. The fraction of sp³-hybridized carbons (Fsp3) is 0.905. The largest absolute Gasteiger partial charge is 0.291 e. The van der Waals surface area contributed by atoms with E-state index in [0.29, 0.717) is 18.8 Å². The van der Waals surface area contributed by atoms with Crippen molar-refractivity contribution in [1.29, 1.82) is 0 Å². The summed E-state index contributed by atoms with van der Waals surface area (Å²) in [5, 5.41) is 0. The number of Topliss-reactive ketones (excluding diaryl/α,β-unsaturated/α-hetero) is 2. The molecule has 0 amide bonds. The summed E-state index contributed by atoms with van der Waals surface area (Å²) in [6.07, 6.45) is 19.9. The molecule has 0 aromatic heterocycles. The molecule has 134 valence electrons. The van der Waals surface area contributed by atoms with Crippen molar-refractivity contribution in [2.45, 2.75) is 116 Å². The zero-order chi connectivity index (χ0) is 16.8. The van der Waals surface area contributed by atoms with Gasteiger partial charge in [-0.05, 0) is 18.8 Å². The van der Waals surface area contributed by atoms with Crippen molar-refractivity contribution in [2.24, 2.45) is 5.92 Å². The molecule has 1 saturated carbocycles. The predicted octanol–water partition coefficient (Wildman–Crippen LogP) is 6.41. The molecule has 2 heteroatoms. The third-order valence-electron chi connectivity index (χ3n) is 5.28. The van der Waals surface area contributed by atoms with Crippen LogP contribution < -0.4 is 0 Å². The van der Waals surface area contributed by atoms with Crippen molar-refractivity contribution in [3.63, 3.8) is 0 Å². The molecule has 2 nitrogen and oxygen atoms in total. The van der Waals surface area contributed by atoms with Crippen LogP contribution in [0.25, 0.3) is 0 Å². The second kappa shape index (κ2) is 13.7. The Morgan fingerprint density at radius 1 is 0.522 bits per heavy atom. The highest BCUT2D eigenvalue weighted by Crippen LogP contribution is 2.18. The molecule has 23 heavy (non-hydrogen) atoms. The van der Waals surface area contributed by atoms with Gasteiger partial charge in [0.1, 0.15) is 0 Å². The van der Waals surface area contributed by atoms with Crippen LogP contribution in [0.1, 0.15) is 116 Å². The van der Waals surface area contributed by atoms with Crippen LogP contribution in [0.5, 0.6) is 0 Å². The summed E-state index contributed by atoms with van der Waals surface area (Å²) >= 11 is 0. The highest BCUT2D eigenvalue weighted by Gasteiger charge is 2.14. The Morgan fingerprint density at radius 2 is 0.913 bits per heavy atom. The van der Waals surface area contributed by atoms with Crippen LogP contribution >= 0.6 is 0 Å². The van der Waals surface area contributed by atoms with Gasteiger partial charge in [0.15, 0.2) is 11.6 Å². The summed E-state index contributed by atoms with van der Waals surface area (Å²) in [7, 11) is 0. The first-order chi connectivity index (χ1) is 11.2. The predicted molar refractivity (Wildman–Crippen MR) is 97.7 cm³/mol. The summed E-state index contributed by atoms with van der Waals surface area (Å²) in [6, 6.07) is 0. The Hall–Kier alpha value is -0.660. The summed E-state index contributed by atoms with van der Waals surface area (Å²) < 4.78 is 0. The van der Waals surface area contributed by atoms with Crippen LogP contribution in [0, 0.1) is 5.92 Å². The van der Waals surface area contributed by atoms with Crippen LogP contribution in [-0.4, -0.2) is 11.6 Å². The SMILES string of the molecule is C[C@H]1CCCCCCCCCCCCCCCC(=O)C(=O)CC1. The summed E-state index contributed by atoms with van der Waals surface area (Å²) in [4.78, 5) is 23.7. The number of ketones is 2. The summed E-state index contributed by atoms with van der Waals surface area (Å²) in [6.45, 7) is 2.23. The van der Waals surface area contributed by atoms with E-state index in [9.17, 15) is 9.59 Å². The van der Waals surface area contributed by atoms with Gasteiger partial charge in [0, 0.05) is 12.8 Å². The van der Waals surface area contributed by atoms with E-state index in [4.69, 9.17) is 0 Å². The molecule has 0 unspecified atom stereocenters. The van der Waals surface area contributed by atoms with E-state index < -0.39 is 0 Å². The zero-order valence-corrected chi connectivity index (χ0v) is 15.4. The van der Waals surface area contributed by atoms with E-state index in [1.165, 1.54) is 77.0 Å². The maximum absolute atomic E-state index is 11.9. The highest BCUT2D eigenvalue weighted by molar-refractivity contribution is 6.37. The molecule has 1 rings (SSSR count). The van der Waals surface area contributed by atoms with Gasteiger partial charge in [-0.1, -0.05) is 90.4 Å². The number of hydrogen-bond donors (Lipinski definition) is 0. The smallest absolute Gasteiger partial charge is 0.198 e. The quantitative estimate of drug-likeness (QED) is 0.483. The molecule has 0 heterocycles. The van der Waals surface area contributed by atoms with Gasteiger partial charge in [0.25, 0.3) is 0 Å². The Morgan fingerprint density at radius 3 is 1.43 bits per heavy atom. The van der Waals surface area contributed by atoms with E-state index in [0.717, 1.165) is 19.3 Å². The van der Waals surface area contributed by atoms with Gasteiger partial charge in [-0.2, -0.15) is 0 Å². The van der Waals surface area contributed by atoms with E-state index in [1.54, 1.807) is 0 Å². The monoisotopic (exact) mass is 322 g/mol. The van der Waals surface area contributed by atoms with Gasteiger partial charge in [0.2, 0.25) is 0 Å². The first-order valence-corrected chi connectivity index (χ1v) is 10.3. The minimum Gasteiger partial charge on any atom is -0.291 e. The maximum atomic E-state index is 11.9. The van der Waals surface area contributed by atoms with Gasteiger partial charge >= 0.3 is 0 Å². The lowest BCUT2D eigenvalue weighted by molar-refractivity contribution is -0.136. The molecule has 0 spiro atoms. The van der Waals surface area contributed by atoms with Crippen LogP contribution in [-0.2, 0) is 9.59 Å². The van der Waals surface area contributed by atoms with Crippen molar-refractivity contribution < 1.29 is 9.59 Å². The minimum atomic E-state index is -0.119. The van der Waals surface area contributed by atoms with Crippen LogP contribution in [0.2, 0.25) is 0 Å². The molecular formula is C21H38O2. The fourth-order valence-electron chi connectivity index (χ4n) is 3.52. The molecule has 0 aliphatic heterocycles. The summed E-state index contributed by atoms with van der Waals surface area (Å²) in [5.74, 6) is 0.343. The van der Waals surface area contributed by atoms with Crippen molar-refractivity contribution >= 4 is 11.6 Å². The third kappa shape index (κ3) is 11.5. The van der Waals surface area contributed by atoms with E-state index in [-0.39, 0.29) is 11.6 Å². The van der Waals surface area contributed by atoms with Gasteiger partial charge in [0.05, 0.1) is 0 Å². The number of rotatable bonds is 0. The number of hydrogen-bond acceptors (Lipinski definition) is 2. The normalized spacial score (nSPS) is 25.9. The molecular weight excluding hydrogens is 284 g/mol. The van der Waals surface area contributed by atoms with Crippen LogP contribution in [0.4, 0.5) is 0 Å². The first kappa shape index (κ1) is 20.4. The summed E-state index contributed by atoms with van der Waals surface area (Å²) in [5.41, 5.74) is 0. The van der Waals surface area contributed by atoms with E-state index in [2.05, 4.69) is 6.92 Å². The van der Waals surface area contributed by atoms with Crippen molar-refractivity contribution in [2.75, 3.05) is 0 Å². The standard InChI is InChI=1S/C21H38O2/c1-19-15-13-11-9-7-5-3-2-4-6-8-10-12-14-16-20(22)21(23)18-17-19/h19H,2-18H2,1H3/t19-/m0/s1. The fourth-order valence-corrected chi connectivity index (χ4v) is 3.52. The van der Waals surface area contributed by atoms with Gasteiger partial charge < -0.3 is 0 Å². The molecule has 0 radical (unpaired) electrons. The molecule has 0 bridgehead atoms. The Balaban J connectivity index is 2.28. The maximum Gasteiger partial charge on any atom is 0.198 e. The Kier molecular flexibility index (Phi) is 12.2. The van der Waals surface area contributed by atoms with E-state index in [1.807, 2.05) is 0 Å². The second-order valence-electron chi connectivity index (χ2n) is 7.63. The van der Waals surface area contributed by atoms with Gasteiger partial charge in [-0.3, -0.25) is 9.59 Å². The lowest BCUT2D eigenvalue weighted by atomic mass is 9.94. The number of carbonyl (C=O) groups is 2. The molecule has 0 aromatic carbocycles. The molecule has 0 saturated heterocycles. The van der Waals surface area contributed by atoms with Crippen LogP contribution in [0.15, 0.2) is 0 Å². The molecule has 1 fully saturated rings. The van der Waals surface area contributed by atoms with E-state index >= 15 is 0 Å². The molecule has 0 aromatic rings.